The summed E-state index contributed by atoms with van der Waals surface area (Å²) in [7, 11) is 0. The predicted octanol–water partition coefficient (Wildman–Crippen LogP) is 2.46. The summed E-state index contributed by atoms with van der Waals surface area (Å²) in [5, 5.41) is 6.54. The van der Waals surface area contributed by atoms with E-state index in [2.05, 4.69) is 31.4 Å². The van der Waals surface area contributed by atoms with Crippen molar-refractivity contribution >= 4 is 5.91 Å². The zero-order valence-corrected chi connectivity index (χ0v) is 12.1. The van der Waals surface area contributed by atoms with E-state index in [0.717, 1.165) is 6.42 Å². The van der Waals surface area contributed by atoms with Crippen LogP contribution in [0.4, 0.5) is 0 Å². The highest BCUT2D eigenvalue weighted by molar-refractivity contribution is 5.78. The molecule has 0 spiro atoms. The van der Waals surface area contributed by atoms with Crippen LogP contribution in [0.15, 0.2) is 0 Å². The van der Waals surface area contributed by atoms with Crippen molar-refractivity contribution in [2.45, 2.75) is 71.4 Å². The molecule has 0 bridgehead atoms. The number of nitrogens with one attached hydrogen (secondary N) is 2. The highest BCUT2D eigenvalue weighted by Gasteiger charge is 2.34. The van der Waals surface area contributed by atoms with Crippen LogP contribution in [0.2, 0.25) is 0 Å². The first kappa shape index (κ1) is 13.9. The largest absolute Gasteiger partial charge is 0.352 e. The predicted molar refractivity (Wildman–Crippen MR) is 74.4 cm³/mol. The van der Waals surface area contributed by atoms with Gasteiger partial charge in [0.15, 0.2) is 0 Å². The van der Waals surface area contributed by atoms with Gasteiger partial charge in [-0.2, -0.15) is 0 Å². The molecular formula is C15H28N2O. The van der Waals surface area contributed by atoms with E-state index in [0.29, 0.717) is 30.0 Å². The van der Waals surface area contributed by atoms with Crippen molar-refractivity contribution in [3.05, 3.63) is 0 Å². The summed E-state index contributed by atoms with van der Waals surface area (Å²) in [4.78, 5) is 11.9. The number of hydrogen-bond acceptors (Lipinski definition) is 2. The van der Waals surface area contributed by atoms with Gasteiger partial charge in [-0.05, 0) is 37.0 Å². The van der Waals surface area contributed by atoms with Gasteiger partial charge in [0.1, 0.15) is 0 Å². The topological polar surface area (TPSA) is 41.1 Å². The second kappa shape index (κ2) is 5.60. The molecule has 2 saturated carbocycles. The van der Waals surface area contributed by atoms with Crippen LogP contribution in [-0.2, 0) is 4.79 Å². The van der Waals surface area contributed by atoms with E-state index in [-0.39, 0.29) is 5.91 Å². The number of carbonyl (C=O) groups is 1. The van der Waals surface area contributed by atoms with Gasteiger partial charge in [-0.1, -0.05) is 33.6 Å². The Kier molecular flexibility index (Phi) is 4.31. The van der Waals surface area contributed by atoms with Gasteiger partial charge < -0.3 is 10.6 Å². The normalized spacial score (nSPS) is 29.1. The summed E-state index contributed by atoms with van der Waals surface area (Å²) in [5.74, 6) is 0.805. The van der Waals surface area contributed by atoms with Crippen LogP contribution in [0.1, 0.15) is 59.3 Å². The molecule has 1 amide bonds. The maximum absolute atomic E-state index is 11.9. The van der Waals surface area contributed by atoms with Crippen LogP contribution >= 0.6 is 0 Å². The smallest absolute Gasteiger partial charge is 0.234 e. The number of amides is 1. The van der Waals surface area contributed by atoms with Crippen LogP contribution in [0.3, 0.4) is 0 Å². The molecule has 0 saturated heterocycles. The highest BCUT2D eigenvalue weighted by atomic mass is 16.2. The highest BCUT2D eigenvalue weighted by Crippen LogP contribution is 2.37. The fourth-order valence-electron chi connectivity index (χ4n) is 3.12. The Labute approximate surface area is 111 Å². The molecule has 2 fully saturated rings. The fraction of sp³-hybridized carbons (Fsp3) is 0.933. The average molecular weight is 252 g/mol. The summed E-state index contributed by atoms with van der Waals surface area (Å²) in [6, 6.07) is 0.993. The van der Waals surface area contributed by atoms with E-state index in [1.807, 2.05) is 0 Å². The first-order valence-corrected chi connectivity index (χ1v) is 7.49. The molecule has 0 aromatic heterocycles. The molecule has 2 aliphatic carbocycles. The van der Waals surface area contributed by atoms with Crippen LogP contribution < -0.4 is 10.6 Å². The molecule has 2 aliphatic rings. The molecule has 2 unspecified atom stereocenters. The molecule has 0 aromatic carbocycles. The summed E-state index contributed by atoms with van der Waals surface area (Å²) in [6.07, 6.45) is 7.45. The molecule has 2 rings (SSSR count). The van der Waals surface area contributed by atoms with Gasteiger partial charge in [-0.25, -0.2) is 0 Å². The number of rotatable bonds is 4. The van der Waals surface area contributed by atoms with E-state index in [1.165, 1.54) is 32.1 Å². The number of hydrogen-bond donors (Lipinski definition) is 2. The van der Waals surface area contributed by atoms with Gasteiger partial charge in [0.2, 0.25) is 5.91 Å². The Balaban J connectivity index is 1.82. The van der Waals surface area contributed by atoms with Gasteiger partial charge in [-0.3, -0.25) is 4.79 Å². The summed E-state index contributed by atoms with van der Waals surface area (Å²) >= 11 is 0. The molecule has 2 atom stereocenters. The third-order valence-corrected chi connectivity index (χ3v) is 4.35. The molecule has 0 aliphatic heterocycles. The minimum absolute atomic E-state index is 0.183. The second-order valence-corrected chi connectivity index (χ2v) is 7.09. The Morgan fingerprint density at radius 3 is 2.39 bits per heavy atom. The molecule has 104 valence electrons. The maximum Gasteiger partial charge on any atom is 0.234 e. The quantitative estimate of drug-likeness (QED) is 0.807. The minimum Gasteiger partial charge on any atom is -0.352 e. The molecule has 2 N–H and O–H groups in total. The minimum atomic E-state index is 0.183. The molecule has 0 radical (unpaired) electrons. The van der Waals surface area contributed by atoms with Crippen LogP contribution in [-0.4, -0.2) is 24.5 Å². The van der Waals surface area contributed by atoms with Crippen LogP contribution in [0, 0.1) is 11.3 Å². The second-order valence-electron chi connectivity index (χ2n) is 7.09. The Bertz CT molecular complexity index is 291. The van der Waals surface area contributed by atoms with E-state index < -0.39 is 0 Å². The molecular weight excluding hydrogens is 224 g/mol. The van der Waals surface area contributed by atoms with Gasteiger partial charge in [0, 0.05) is 12.1 Å². The lowest BCUT2D eigenvalue weighted by Gasteiger charge is -2.40. The zero-order chi connectivity index (χ0) is 13.2. The molecule has 3 heteroatoms. The number of carbonyl (C=O) groups excluding carboxylic acids is 1. The molecule has 0 heterocycles. The molecule has 18 heavy (non-hydrogen) atoms. The Hall–Kier alpha value is -0.570. The standard InChI is InChI=1S/C15H28N2O/c1-15(2,3)12-6-4-5-7-13(12)17-14(18)10-16-11-8-9-11/h11-13,16H,4-10H2,1-3H3,(H,17,18). The molecule has 0 aromatic rings. The van der Waals surface area contributed by atoms with Crippen molar-refractivity contribution in [3.63, 3.8) is 0 Å². The summed E-state index contributed by atoms with van der Waals surface area (Å²) in [5.41, 5.74) is 0.294. The SMILES string of the molecule is CC(C)(C)C1CCCCC1NC(=O)CNC1CC1. The molecule has 3 nitrogen and oxygen atoms in total. The third-order valence-electron chi connectivity index (χ3n) is 4.35. The first-order valence-electron chi connectivity index (χ1n) is 7.49. The van der Waals surface area contributed by atoms with Gasteiger partial charge in [0.05, 0.1) is 6.54 Å². The lowest BCUT2D eigenvalue weighted by atomic mass is 9.69. The van der Waals surface area contributed by atoms with Gasteiger partial charge >= 0.3 is 0 Å². The van der Waals surface area contributed by atoms with Crippen LogP contribution in [0.25, 0.3) is 0 Å². The van der Waals surface area contributed by atoms with Crippen molar-refractivity contribution in [2.24, 2.45) is 11.3 Å². The zero-order valence-electron chi connectivity index (χ0n) is 12.1. The van der Waals surface area contributed by atoms with Crippen molar-refractivity contribution < 1.29 is 4.79 Å². The van der Waals surface area contributed by atoms with Crippen LogP contribution in [0.5, 0.6) is 0 Å². The van der Waals surface area contributed by atoms with E-state index in [4.69, 9.17) is 0 Å². The first-order chi connectivity index (χ1) is 8.47. The van der Waals surface area contributed by atoms with E-state index in [9.17, 15) is 4.79 Å². The summed E-state index contributed by atoms with van der Waals surface area (Å²) < 4.78 is 0. The fourth-order valence-corrected chi connectivity index (χ4v) is 3.12. The van der Waals surface area contributed by atoms with Gasteiger partial charge in [0.25, 0.3) is 0 Å². The average Bonchev–Trinajstić information content (AvgIpc) is 3.09. The van der Waals surface area contributed by atoms with E-state index in [1.54, 1.807) is 0 Å². The van der Waals surface area contributed by atoms with E-state index >= 15 is 0 Å². The third kappa shape index (κ3) is 3.98. The lowest BCUT2D eigenvalue weighted by Crippen LogP contribution is -2.49. The maximum atomic E-state index is 11.9. The lowest BCUT2D eigenvalue weighted by molar-refractivity contribution is -0.122. The van der Waals surface area contributed by atoms with Crippen molar-refractivity contribution in [3.8, 4) is 0 Å². The van der Waals surface area contributed by atoms with Crippen molar-refractivity contribution in [1.29, 1.82) is 0 Å². The monoisotopic (exact) mass is 252 g/mol. The Morgan fingerprint density at radius 1 is 1.11 bits per heavy atom. The Morgan fingerprint density at radius 2 is 1.78 bits per heavy atom. The summed E-state index contributed by atoms with van der Waals surface area (Å²) in [6.45, 7) is 7.39. The van der Waals surface area contributed by atoms with Crippen molar-refractivity contribution in [1.82, 2.24) is 10.6 Å². The van der Waals surface area contributed by atoms with Gasteiger partial charge in [-0.15, -0.1) is 0 Å². The van der Waals surface area contributed by atoms with Crippen molar-refractivity contribution in [2.75, 3.05) is 6.54 Å².